The predicted octanol–water partition coefficient (Wildman–Crippen LogP) is -0.486. The van der Waals surface area contributed by atoms with Crippen molar-refractivity contribution in [2.24, 2.45) is 5.73 Å². The summed E-state index contributed by atoms with van der Waals surface area (Å²) < 4.78 is 0. The van der Waals surface area contributed by atoms with E-state index in [1.165, 1.54) is 19.1 Å². The molecule has 0 aliphatic carbocycles. The highest BCUT2D eigenvalue weighted by Crippen LogP contribution is 2.11. The van der Waals surface area contributed by atoms with Gasteiger partial charge < -0.3 is 21.5 Å². The van der Waals surface area contributed by atoms with Crippen molar-refractivity contribution in [2.75, 3.05) is 13.1 Å². The monoisotopic (exact) mass is 265 g/mol. The lowest BCUT2D eigenvalue weighted by molar-refractivity contribution is -0.128. The van der Waals surface area contributed by atoms with Crippen LogP contribution in [-0.4, -0.2) is 36.1 Å². The molecule has 5 N–H and O–H groups in total. The molecule has 0 bridgehead atoms. The van der Waals surface area contributed by atoms with Gasteiger partial charge >= 0.3 is 0 Å². The van der Waals surface area contributed by atoms with Gasteiger partial charge in [0.05, 0.1) is 0 Å². The molecule has 0 aliphatic rings. The molecule has 0 saturated heterocycles. The van der Waals surface area contributed by atoms with Gasteiger partial charge in [0.2, 0.25) is 11.8 Å². The number of carbonyl (C=O) groups is 2. The van der Waals surface area contributed by atoms with Crippen LogP contribution in [0, 0.1) is 0 Å². The Labute approximate surface area is 112 Å². The van der Waals surface area contributed by atoms with Crippen LogP contribution >= 0.6 is 0 Å². The second-order valence-corrected chi connectivity index (χ2v) is 4.20. The Balaban J connectivity index is 2.70. The van der Waals surface area contributed by atoms with Crippen molar-refractivity contribution in [3.8, 4) is 5.75 Å². The van der Waals surface area contributed by atoms with E-state index in [1.807, 2.05) is 0 Å². The SMILES string of the molecule is CC(=O)NC(Cc1ccc(O)cc1)C(=O)NCCN. The minimum Gasteiger partial charge on any atom is -0.508 e. The maximum Gasteiger partial charge on any atom is 0.242 e. The fourth-order valence-corrected chi connectivity index (χ4v) is 1.64. The fourth-order valence-electron chi connectivity index (χ4n) is 1.64. The van der Waals surface area contributed by atoms with Gasteiger partial charge in [-0.25, -0.2) is 0 Å². The highest BCUT2D eigenvalue weighted by Gasteiger charge is 2.19. The minimum absolute atomic E-state index is 0.160. The zero-order valence-electron chi connectivity index (χ0n) is 10.8. The minimum atomic E-state index is -0.645. The Morgan fingerprint density at radius 2 is 1.95 bits per heavy atom. The van der Waals surface area contributed by atoms with Crippen LogP contribution in [0.15, 0.2) is 24.3 Å². The molecule has 0 aliphatic heterocycles. The number of benzene rings is 1. The van der Waals surface area contributed by atoms with Gasteiger partial charge in [-0.1, -0.05) is 12.1 Å². The topological polar surface area (TPSA) is 104 Å². The molecule has 1 unspecified atom stereocenters. The molecule has 1 aromatic rings. The first kappa shape index (κ1) is 15.0. The van der Waals surface area contributed by atoms with Crippen LogP contribution in [0.3, 0.4) is 0 Å². The van der Waals surface area contributed by atoms with Gasteiger partial charge in [-0.3, -0.25) is 9.59 Å². The Bertz CT molecular complexity index is 431. The first-order valence-electron chi connectivity index (χ1n) is 6.05. The molecule has 0 heterocycles. The van der Waals surface area contributed by atoms with Crippen LogP contribution in [0.4, 0.5) is 0 Å². The lowest BCUT2D eigenvalue weighted by atomic mass is 10.0. The Kier molecular flexibility index (Phi) is 5.81. The van der Waals surface area contributed by atoms with Gasteiger partial charge in [0.1, 0.15) is 11.8 Å². The Morgan fingerprint density at radius 3 is 2.47 bits per heavy atom. The maximum absolute atomic E-state index is 11.9. The van der Waals surface area contributed by atoms with Crippen molar-refractivity contribution < 1.29 is 14.7 Å². The average molecular weight is 265 g/mol. The molecule has 6 nitrogen and oxygen atoms in total. The summed E-state index contributed by atoms with van der Waals surface area (Å²) in [4.78, 5) is 23.0. The third-order valence-corrected chi connectivity index (χ3v) is 2.51. The molecular formula is C13H19N3O3. The lowest BCUT2D eigenvalue weighted by Crippen LogP contribution is -2.48. The van der Waals surface area contributed by atoms with Gasteiger partial charge in [0.25, 0.3) is 0 Å². The van der Waals surface area contributed by atoms with E-state index >= 15 is 0 Å². The van der Waals surface area contributed by atoms with Gasteiger partial charge in [0, 0.05) is 26.4 Å². The van der Waals surface area contributed by atoms with E-state index in [0.29, 0.717) is 19.5 Å². The second-order valence-electron chi connectivity index (χ2n) is 4.20. The van der Waals surface area contributed by atoms with Gasteiger partial charge in [0.15, 0.2) is 0 Å². The molecule has 19 heavy (non-hydrogen) atoms. The molecular weight excluding hydrogens is 246 g/mol. The zero-order chi connectivity index (χ0) is 14.3. The molecule has 6 heteroatoms. The Hall–Kier alpha value is -2.08. The fraction of sp³-hybridized carbons (Fsp3) is 0.385. The summed E-state index contributed by atoms with van der Waals surface area (Å²) in [7, 11) is 0. The zero-order valence-corrected chi connectivity index (χ0v) is 10.8. The summed E-state index contributed by atoms with van der Waals surface area (Å²) in [5.74, 6) is -0.382. The summed E-state index contributed by atoms with van der Waals surface area (Å²) in [5, 5.41) is 14.4. The van der Waals surface area contributed by atoms with Crippen LogP contribution in [0.25, 0.3) is 0 Å². The first-order valence-corrected chi connectivity index (χ1v) is 6.05. The highest BCUT2D eigenvalue weighted by atomic mass is 16.3. The number of hydrogen-bond donors (Lipinski definition) is 4. The quantitative estimate of drug-likeness (QED) is 0.557. The van der Waals surface area contributed by atoms with E-state index in [9.17, 15) is 14.7 Å². The average Bonchev–Trinajstić information content (AvgIpc) is 2.37. The van der Waals surface area contributed by atoms with E-state index in [2.05, 4.69) is 10.6 Å². The highest BCUT2D eigenvalue weighted by molar-refractivity contribution is 5.87. The van der Waals surface area contributed by atoms with Crippen molar-refractivity contribution in [3.05, 3.63) is 29.8 Å². The van der Waals surface area contributed by atoms with E-state index in [-0.39, 0.29) is 17.6 Å². The summed E-state index contributed by atoms with van der Waals surface area (Å²) in [6.45, 7) is 2.07. The van der Waals surface area contributed by atoms with E-state index in [1.54, 1.807) is 12.1 Å². The summed E-state index contributed by atoms with van der Waals surface area (Å²) >= 11 is 0. The van der Waals surface area contributed by atoms with Crippen molar-refractivity contribution in [3.63, 3.8) is 0 Å². The third-order valence-electron chi connectivity index (χ3n) is 2.51. The number of rotatable bonds is 6. The van der Waals surface area contributed by atoms with Crippen molar-refractivity contribution in [1.82, 2.24) is 10.6 Å². The number of hydrogen-bond acceptors (Lipinski definition) is 4. The Morgan fingerprint density at radius 1 is 1.32 bits per heavy atom. The predicted molar refractivity (Wildman–Crippen MR) is 71.5 cm³/mol. The number of phenols is 1. The number of phenolic OH excluding ortho intramolecular Hbond substituents is 1. The molecule has 0 saturated carbocycles. The van der Waals surface area contributed by atoms with Gasteiger partial charge in [-0.2, -0.15) is 0 Å². The number of carbonyl (C=O) groups excluding carboxylic acids is 2. The van der Waals surface area contributed by atoms with Crippen molar-refractivity contribution >= 4 is 11.8 Å². The van der Waals surface area contributed by atoms with E-state index < -0.39 is 6.04 Å². The van der Waals surface area contributed by atoms with Crippen LogP contribution in [0.1, 0.15) is 12.5 Å². The molecule has 2 amide bonds. The van der Waals surface area contributed by atoms with Crippen LogP contribution in [0.2, 0.25) is 0 Å². The smallest absolute Gasteiger partial charge is 0.242 e. The van der Waals surface area contributed by atoms with Crippen LogP contribution in [0.5, 0.6) is 5.75 Å². The normalized spacial score (nSPS) is 11.7. The van der Waals surface area contributed by atoms with E-state index in [4.69, 9.17) is 5.73 Å². The maximum atomic E-state index is 11.9. The molecule has 0 fully saturated rings. The summed E-state index contributed by atoms with van der Waals surface area (Å²) in [6, 6.07) is 5.85. The summed E-state index contributed by atoms with van der Waals surface area (Å²) in [6.07, 6.45) is 0.357. The second kappa shape index (κ2) is 7.38. The molecule has 104 valence electrons. The molecule has 0 radical (unpaired) electrons. The standard InChI is InChI=1S/C13H19N3O3/c1-9(17)16-12(13(19)15-7-6-14)8-10-2-4-11(18)5-3-10/h2-5,12,18H,6-8,14H2,1H3,(H,15,19)(H,16,17). The number of nitrogens with two attached hydrogens (primary N) is 1. The first-order chi connectivity index (χ1) is 9.02. The van der Waals surface area contributed by atoms with Crippen LogP contribution < -0.4 is 16.4 Å². The molecule has 0 aromatic heterocycles. The number of aromatic hydroxyl groups is 1. The molecule has 0 spiro atoms. The number of amides is 2. The van der Waals surface area contributed by atoms with Gasteiger partial charge in [-0.05, 0) is 17.7 Å². The molecule has 1 aromatic carbocycles. The van der Waals surface area contributed by atoms with E-state index in [0.717, 1.165) is 5.56 Å². The largest absolute Gasteiger partial charge is 0.508 e. The molecule has 1 atom stereocenters. The summed E-state index contributed by atoms with van der Waals surface area (Å²) in [5.41, 5.74) is 6.16. The van der Waals surface area contributed by atoms with Crippen molar-refractivity contribution in [2.45, 2.75) is 19.4 Å². The van der Waals surface area contributed by atoms with Gasteiger partial charge in [-0.15, -0.1) is 0 Å². The lowest BCUT2D eigenvalue weighted by Gasteiger charge is -2.17. The van der Waals surface area contributed by atoms with Crippen molar-refractivity contribution in [1.29, 1.82) is 0 Å². The third kappa shape index (κ3) is 5.39. The van der Waals surface area contributed by atoms with Crippen LogP contribution in [-0.2, 0) is 16.0 Å². The molecule has 1 rings (SSSR count). The number of nitrogens with one attached hydrogen (secondary N) is 2.